The highest BCUT2D eigenvalue weighted by molar-refractivity contribution is 6.31. The summed E-state index contributed by atoms with van der Waals surface area (Å²) in [5.41, 5.74) is 3.29. The summed E-state index contributed by atoms with van der Waals surface area (Å²) in [6, 6.07) is 7.03. The van der Waals surface area contributed by atoms with Gasteiger partial charge < -0.3 is 21.1 Å². The molecule has 2 saturated heterocycles. The van der Waals surface area contributed by atoms with E-state index in [0.29, 0.717) is 28.3 Å². The summed E-state index contributed by atoms with van der Waals surface area (Å²) in [7, 11) is 1.74. The zero-order valence-electron chi connectivity index (χ0n) is 23.7. The number of hydrogen-bond donors (Lipinski definition) is 3. The maximum atomic E-state index is 14.5. The lowest BCUT2D eigenvalue weighted by molar-refractivity contribution is -0.147. The van der Waals surface area contributed by atoms with Gasteiger partial charge in [-0.2, -0.15) is 0 Å². The van der Waals surface area contributed by atoms with Gasteiger partial charge in [-0.25, -0.2) is 4.98 Å². The van der Waals surface area contributed by atoms with E-state index in [1.165, 1.54) is 6.20 Å². The molecule has 9 nitrogen and oxygen atoms in total. The number of nitrogens with one attached hydrogen (secondary N) is 2. The van der Waals surface area contributed by atoms with Gasteiger partial charge in [0.2, 0.25) is 17.7 Å². The molecule has 3 fully saturated rings. The molecule has 2 aromatic rings. The van der Waals surface area contributed by atoms with E-state index in [-0.39, 0.29) is 42.3 Å². The van der Waals surface area contributed by atoms with Crippen LogP contribution in [0.1, 0.15) is 43.2 Å². The number of aromatic nitrogens is 1. The number of amides is 3. The SMILES string of the molecule is CC1C[C@@H](C(N)=O)OCC1NC(=O)[C@H]1[C@H](c2ccnc(Cl)c2)[C@]2(C(=O)Nc3cc(Cl)ccc32)C2(CC(CF)(CF)C2)N1C. The van der Waals surface area contributed by atoms with Crippen LogP contribution >= 0.6 is 23.2 Å². The molecular weight excluding hydrogens is 603 g/mol. The number of nitrogens with two attached hydrogens (primary N) is 1. The monoisotopic (exact) mass is 635 g/mol. The van der Waals surface area contributed by atoms with E-state index < -0.39 is 59.7 Å². The topological polar surface area (TPSA) is 127 Å². The average Bonchev–Trinajstić information content (AvgIpc) is 3.36. The van der Waals surface area contributed by atoms with E-state index in [1.807, 2.05) is 11.8 Å². The van der Waals surface area contributed by atoms with Crippen molar-refractivity contribution in [2.24, 2.45) is 17.1 Å². The zero-order chi connectivity index (χ0) is 30.9. The van der Waals surface area contributed by atoms with Crippen molar-refractivity contribution >= 4 is 46.6 Å². The summed E-state index contributed by atoms with van der Waals surface area (Å²) in [4.78, 5) is 46.6. The quantitative estimate of drug-likeness (QED) is 0.417. The normalized spacial score (nSPS) is 32.3. The number of fused-ring (bicyclic) bond motifs is 3. The molecule has 4 N–H and O–H groups in total. The van der Waals surface area contributed by atoms with Crippen LogP contribution < -0.4 is 16.4 Å². The van der Waals surface area contributed by atoms with Crippen molar-refractivity contribution in [2.75, 3.05) is 32.3 Å². The predicted molar refractivity (Wildman–Crippen MR) is 156 cm³/mol. The maximum Gasteiger partial charge on any atom is 0.246 e. The summed E-state index contributed by atoms with van der Waals surface area (Å²) in [6.07, 6.45) is 1.13. The first kappa shape index (κ1) is 30.2. The first-order chi connectivity index (χ1) is 20.4. The van der Waals surface area contributed by atoms with Crippen LogP contribution in [0.25, 0.3) is 0 Å². The van der Waals surface area contributed by atoms with Crippen molar-refractivity contribution in [1.82, 2.24) is 15.2 Å². The molecule has 4 heterocycles. The zero-order valence-corrected chi connectivity index (χ0v) is 25.2. The fourth-order valence-corrected chi connectivity index (χ4v) is 8.64. The molecule has 1 aliphatic carbocycles. The molecule has 6 rings (SSSR count). The average molecular weight is 637 g/mol. The van der Waals surface area contributed by atoms with Crippen molar-refractivity contribution in [1.29, 1.82) is 0 Å². The molecule has 1 aromatic heterocycles. The van der Waals surface area contributed by atoms with Gasteiger partial charge in [-0.1, -0.05) is 36.2 Å². The Morgan fingerprint density at radius 2 is 1.93 bits per heavy atom. The number of hydrogen-bond acceptors (Lipinski definition) is 6. The number of ether oxygens (including phenoxy) is 1. The van der Waals surface area contributed by atoms with Crippen molar-refractivity contribution < 1.29 is 27.9 Å². The highest BCUT2D eigenvalue weighted by Crippen LogP contribution is 2.71. The number of likely N-dealkylation sites (N-methyl/N-ethyl adjacent to an activating group) is 1. The fraction of sp³-hybridized carbons (Fsp3) is 0.533. The number of anilines is 1. The number of rotatable bonds is 6. The Kier molecular flexibility index (Phi) is 7.47. The third-order valence-electron chi connectivity index (χ3n) is 10.3. The number of carbonyl (C=O) groups is 3. The van der Waals surface area contributed by atoms with Gasteiger partial charge in [0.25, 0.3) is 0 Å². The molecule has 2 unspecified atom stereocenters. The molecule has 2 spiro atoms. The van der Waals surface area contributed by atoms with Gasteiger partial charge in [0.05, 0.1) is 32.0 Å². The number of pyridine rings is 1. The number of likely N-dealkylation sites (tertiary alicyclic amines) is 1. The Hall–Kier alpha value is -2.86. The van der Waals surface area contributed by atoms with Crippen molar-refractivity contribution in [3.05, 3.63) is 57.8 Å². The second-order valence-corrected chi connectivity index (χ2v) is 13.4. The first-order valence-electron chi connectivity index (χ1n) is 14.2. The highest BCUT2D eigenvalue weighted by atomic mass is 35.5. The first-order valence-corrected chi connectivity index (χ1v) is 15.0. The number of alkyl halides is 2. The third-order valence-corrected chi connectivity index (χ3v) is 10.7. The number of halogens is 4. The number of carbonyl (C=O) groups excluding carboxylic acids is 3. The van der Waals surface area contributed by atoms with E-state index in [0.717, 1.165) is 0 Å². The van der Waals surface area contributed by atoms with Gasteiger partial charge in [-0.05, 0) is 67.6 Å². The molecule has 0 bridgehead atoms. The Morgan fingerprint density at radius 3 is 2.56 bits per heavy atom. The van der Waals surface area contributed by atoms with E-state index in [1.54, 1.807) is 37.4 Å². The molecule has 6 atom stereocenters. The smallest absolute Gasteiger partial charge is 0.246 e. The van der Waals surface area contributed by atoms with Gasteiger partial charge in [-0.15, -0.1) is 0 Å². The minimum Gasteiger partial charge on any atom is -0.367 e. The molecule has 230 valence electrons. The van der Waals surface area contributed by atoms with Crippen molar-refractivity contribution in [2.45, 2.75) is 61.2 Å². The molecule has 13 heteroatoms. The molecule has 4 aliphatic rings. The number of nitrogens with zero attached hydrogens (tertiary/aromatic N) is 2. The lowest BCUT2D eigenvalue weighted by Crippen LogP contribution is -2.70. The van der Waals surface area contributed by atoms with E-state index >= 15 is 0 Å². The molecule has 3 amide bonds. The molecule has 43 heavy (non-hydrogen) atoms. The van der Waals surface area contributed by atoms with Crippen LogP contribution in [-0.4, -0.2) is 78.3 Å². The van der Waals surface area contributed by atoms with Gasteiger partial charge >= 0.3 is 0 Å². The molecule has 1 saturated carbocycles. The molecule has 3 aliphatic heterocycles. The molecule has 0 radical (unpaired) electrons. The predicted octanol–water partition coefficient (Wildman–Crippen LogP) is 3.53. The summed E-state index contributed by atoms with van der Waals surface area (Å²) in [5.74, 6) is -2.29. The third kappa shape index (κ3) is 4.29. The number of primary amides is 1. The van der Waals surface area contributed by atoms with Crippen LogP contribution in [0.5, 0.6) is 0 Å². The van der Waals surface area contributed by atoms with Crippen LogP contribution in [-0.2, 0) is 24.5 Å². The lowest BCUT2D eigenvalue weighted by Gasteiger charge is -2.61. The minimum atomic E-state index is -1.42. The largest absolute Gasteiger partial charge is 0.367 e. The Morgan fingerprint density at radius 1 is 1.21 bits per heavy atom. The summed E-state index contributed by atoms with van der Waals surface area (Å²) < 4.78 is 34.5. The second-order valence-electron chi connectivity index (χ2n) is 12.6. The molecular formula is C30H33Cl2F2N5O4. The summed E-state index contributed by atoms with van der Waals surface area (Å²) >= 11 is 12.7. The van der Waals surface area contributed by atoms with Crippen LogP contribution in [0.3, 0.4) is 0 Å². The van der Waals surface area contributed by atoms with E-state index in [2.05, 4.69) is 15.6 Å². The number of benzene rings is 1. The highest BCUT2D eigenvalue weighted by Gasteiger charge is 2.80. The van der Waals surface area contributed by atoms with Gasteiger partial charge in [0.15, 0.2) is 0 Å². The summed E-state index contributed by atoms with van der Waals surface area (Å²) in [5, 5.41) is 6.65. The Bertz CT molecular complexity index is 1480. The summed E-state index contributed by atoms with van der Waals surface area (Å²) in [6.45, 7) is 0.182. The van der Waals surface area contributed by atoms with E-state index in [4.69, 9.17) is 33.7 Å². The van der Waals surface area contributed by atoms with Crippen molar-refractivity contribution in [3.63, 3.8) is 0 Å². The fourth-order valence-electron chi connectivity index (χ4n) is 8.29. The van der Waals surface area contributed by atoms with Gasteiger partial charge in [-0.3, -0.25) is 28.1 Å². The van der Waals surface area contributed by atoms with Crippen molar-refractivity contribution in [3.8, 4) is 0 Å². The van der Waals surface area contributed by atoms with E-state index in [9.17, 15) is 23.2 Å². The molecule has 1 aromatic carbocycles. The Labute approximate surface area is 257 Å². The van der Waals surface area contributed by atoms with Gasteiger partial charge in [0.1, 0.15) is 16.7 Å². The second kappa shape index (κ2) is 10.6. The Balaban J connectivity index is 1.50. The van der Waals surface area contributed by atoms with Crippen LogP contribution in [0.2, 0.25) is 10.2 Å². The van der Waals surface area contributed by atoms with Crippen LogP contribution in [0, 0.1) is 11.3 Å². The maximum absolute atomic E-state index is 14.5. The standard InChI is InChI=1S/C30H33Cl2F2N5O4/c1-15-7-21(25(35)40)43-10-20(15)37-26(41)24-23(16-5-6-36-22(32)8-16)30(18-4-3-17(31)9-19(18)38-27(30)42)29(39(24)2)11-28(12-29,13-33)14-34/h3-6,8-9,15,20-21,23-24H,7,10-14H2,1-2H3,(H2,35,40)(H,37,41)(H,38,42)/t15?,20?,21-,23-,24+,30+/m0/s1. The van der Waals surface area contributed by atoms with Gasteiger partial charge in [0, 0.05) is 33.8 Å². The van der Waals surface area contributed by atoms with Crippen LogP contribution in [0.4, 0.5) is 14.5 Å². The minimum absolute atomic E-state index is 0.0152. The lowest BCUT2D eigenvalue weighted by atomic mass is 9.45. The van der Waals surface area contributed by atoms with Crippen LogP contribution in [0.15, 0.2) is 36.5 Å².